The van der Waals surface area contributed by atoms with E-state index in [-0.39, 0.29) is 23.9 Å². The van der Waals surface area contributed by atoms with Crippen LogP contribution in [0.3, 0.4) is 0 Å². The van der Waals surface area contributed by atoms with Crippen LogP contribution in [0.4, 0.5) is 10.5 Å². The van der Waals surface area contributed by atoms with Gasteiger partial charge in [0.05, 0.1) is 5.92 Å². The predicted molar refractivity (Wildman–Crippen MR) is 102 cm³/mol. The molecule has 0 unspecified atom stereocenters. The van der Waals surface area contributed by atoms with Gasteiger partial charge in [0.25, 0.3) is 5.91 Å². The predicted octanol–water partition coefficient (Wildman–Crippen LogP) is 2.90. The third kappa shape index (κ3) is 5.45. The highest BCUT2D eigenvalue weighted by Gasteiger charge is 2.27. The summed E-state index contributed by atoms with van der Waals surface area (Å²) < 4.78 is 0. The molecule has 1 aromatic carbocycles. The van der Waals surface area contributed by atoms with Gasteiger partial charge >= 0.3 is 12.0 Å². The van der Waals surface area contributed by atoms with Crippen molar-refractivity contribution in [3.05, 3.63) is 29.3 Å². The summed E-state index contributed by atoms with van der Waals surface area (Å²) in [5.74, 6) is -0.583. The van der Waals surface area contributed by atoms with E-state index in [1.807, 2.05) is 13.0 Å². The number of amides is 3. The molecule has 3 amide bonds. The Morgan fingerprint density at radius 2 is 1.78 bits per heavy atom. The molecule has 2 saturated carbocycles. The number of urea groups is 1. The van der Waals surface area contributed by atoms with E-state index >= 15 is 0 Å². The van der Waals surface area contributed by atoms with Crippen LogP contribution >= 0.6 is 0 Å². The maximum absolute atomic E-state index is 12.3. The van der Waals surface area contributed by atoms with E-state index in [0.29, 0.717) is 49.4 Å². The number of aryl methyl sites for hydroxylation is 1. The van der Waals surface area contributed by atoms with Crippen molar-refractivity contribution in [2.45, 2.75) is 51.5 Å². The number of hydrogen-bond acceptors (Lipinski definition) is 3. The second-order valence-corrected chi connectivity index (χ2v) is 7.67. The number of benzene rings is 1. The van der Waals surface area contributed by atoms with Crippen molar-refractivity contribution in [1.29, 1.82) is 0 Å². The minimum atomic E-state index is -0.759. The number of carbonyl (C=O) groups excluding carboxylic acids is 2. The number of nitrogens with one attached hydrogen (secondary N) is 3. The minimum absolute atomic E-state index is 0.0223. The van der Waals surface area contributed by atoms with Crippen LogP contribution in [0.25, 0.3) is 0 Å². The lowest BCUT2D eigenvalue weighted by Gasteiger charge is -2.27. The Bertz CT molecular complexity index is 722. The molecule has 2 aliphatic carbocycles. The van der Waals surface area contributed by atoms with Crippen molar-refractivity contribution in [3.63, 3.8) is 0 Å². The Hall–Kier alpha value is -2.57. The molecular weight excluding hydrogens is 346 g/mol. The fraction of sp³-hybridized carbons (Fsp3) is 0.550. The van der Waals surface area contributed by atoms with Crippen molar-refractivity contribution >= 4 is 23.6 Å². The number of anilines is 1. The molecule has 146 valence electrons. The number of carboxylic acid groups (broad SMARTS) is 1. The molecule has 7 heteroatoms. The van der Waals surface area contributed by atoms with E-state index in [9.17, 15) is 14.4 Å². The third-order valence-corrected chi connectivity index (χ3v) is 5.41. The van der Waals surface area contributed by atoms with Crippen LogP contribution in [-0.4, -0.2) is 35.6 Å². The second-order valence-electron chi connectivity index (χ2n) is 7.67. The van der Waals surface area contributed by atoms with Crippen LogP contribution in [0.15, 0.2) is 18.2 Å². The standard InChI is InChI=1S/C20H27N3O4/c1-12-2-5-15(18(24)21-11-13-3-4-13)10-17(12)23-20(27)22-16-8-6-14(7-9-16)19(25)26/h2,5,10,13-14,16H,3-4,6-9,11H2,1H3,(H,21,24)(H,25,26)(H2,22,23,27). The SMILES string of the molecule is Cc1ccc(C(=O)NCC2CC2)cc1NC(=O)NC1CCC(C(=O)O)CC1. The van der Waals surface area contributed by atoms with Crippen LogP contribution < -0.4 is 16.0 Å². The van der Waals surface area contributed by atoms with Gasteiger partial charge in [0.15, 0.2) is 0 Å². The van der Waals surface area contributed by atoms with E-state index in [1.54, 1.807) is 12.1 Å². The van der Waals surface area contributed by atoms with E-state index in [2.05, 4.69) is 16.0 Å². The zero-order valence-corrected chi connectivity index (χ0v) is 15.6. The Morgan fingerprint density at radius 3 is 2.41 bits per heavy atom. The van der Waals surface area contributed by atoms with E-state index < -0.39 is 5.97 Å². The molecule has 2 aliphatic rings. The first-order chi connectivity index (χ1) is 12.9. The van der Waals surface area contributed by atoms with Gasteiger partial charge in [-0.1, -0.05) is 6.07 Å². The normalized spacial score (nSPS) is 22.0. The van der Waals surface area contributed by atoms with Gasteiger partial charge in [-0.2, -0.15) is 0 Å². The van der Waals surface area contributed by atoms with Crippen molar-refractivity contribution < 1.29 is 19.5 Å². The summed E-state index contributed by atoms with van der Waals surface area (Å²) in [4.78, 5) is 35.6. The Labute approximate surface area is 158 Å². The van der Waals surface area contributed by atoms with Gasteiger partial charge in [-0.15, -0.1) is 0 Å². The maximum atomic E-state index is 12.3. The monoisotopic (exact) mass is 373 g/mol. The highest BCUT2D eigenvalue weighted by molar-refractivity contribution is 5.97. The molecule has 0 radical (unpaired) electrons. The smallest absolute Gasteiger partial charge is 0.319 e. The zero-order valence-electron chi connectivity index (χ0n) is 15.6. The summed E-state index contributed by atoms with van der Waals surface area (Å²) in [5.41, 5.74) is 2.00. The topological polar surface area (TPSA) is 108 Å². The first-order valence-corrected chi connectivity index (χ1v) is 9.61. The zero-order chi connectivity index (χ0) is 19.4. The molecule has 7 nitrogen and oxygen atoms in total. The fourth-order valence-electron chi connectivity index (χ4n) is 3.39. The lowest BCUT2D eigenvalue weighted by Crippen LogP contribution is -2.41. The molecular formula is C20H27N3O4. The van der Waals surface area contributed by atoms with Crippen LogP contribution in [0, 0.1) is 18.8 Å². The van der Waals surface area contributed by atoms with Crippen LogP contribution in [-0.2, 0) is 4.79 Å². The highest BCUT2D eigenvalue weighted by Crippen LogP contribution is 2.28. The molecule has 0 atom stereocenters. The Kier molecular flexibility index (Phi) is 5.98. The van der Waals surface area contributed by atoms with E-state index in [1.165, 1.54) is 12.8 Å². The Morgan fingerprint density at radius 1 is 1.07 bits per heavy atom. The first kappa shape index (κ1) is 19.2. The highest BCUT2D eigenvalue weighted by atomic mass is 16.4. The van der Waals surface area contributed by atoms with Crippen molar-refractivity contribution in [2.24, 2.45) is 11.8 Å². The summed E-state index contributed by atoms with van der Waals surface area (Å²) in [7, 11) is 0. The van der Waals surface area contributed by atoms with Crippen LogP contribution in [0.1, 0.15) is 54.4 Å². The van der Waals surface area contributed by atoms with Crippen LogP contribution in [0.2, 0.25) is 0 Å². The summed E-state index contributed by atoms with van der Waals surface area (Å²) >= 11 is 0. The molecule has 2 fully saturated rings. The molecule has 0 aromatic heterocycles. The molecule has 4 N–H and O–H groups in total. The number of rotatable bonds is 6. The van der Waals surface area contributed by atoms with Gasteiger partial charge in [-0.3, -0.25) is 9.59 Å². The van der Waals surface area contributed by atoms with E-state index in [0.717, 1.165) is 5.56 Å². The van der Waals surface area contributed by atoms with Gasteiger partial charge in [0.1, 0.15) is 0 Å². The molecule has 1 aromatic rings. The lowest BCUT2D eigenvalue weighted by atomic mass is 9.86. The average Bonchev–Trinajstić information content (AvgIpc) is 3.46. The number of hydrogen-bond donors (Lipinski definition) is 4. The molecule has 0 aliphatic heterocycles. The number of carbonyl (C=O) groups is 3. The largest absolute Gasteiger partial charge is 0.481 e. The van der Waals surface area contributed by atoms with Crippen molar-refractivity contribution in [2.75, 3.05) is 11.9 Å². The quantitative estimate of drug-likeness (QED) is 0.615. The Balaban J connectivity index is 1.53. The summed E-state index contributed by atoms with van der Waals surface area (Å²) in [6.07, 6.45) is 4.83. The molecule has 0 bridgehead atoms. The minimum Gasteiger partial charge on any atom is -0.481 e. The lowest BCUT2D eigenvalue weighted by molar-refractivity contribution is -0.142. The maximum Gasteiger partial charge on any atom is 0.319 e. The van der Waals surface area contributed by atoms with Gasteiger partial charge in [0, 0.05) is 23.8 Å². The van der Waals surface area contributed by atoms with Crippen LogP contribution in [0.5, 0.6) is 0 Å². The average molecular weight is 373 g/mol. The first-order valence-electron chi connectivity index (χ1n) is 9.61. The molecule has 0 heterocycles. The summed E-state index contributed by atoms with van der Waals surface area (Å²) in [6, 6.07) is 4.92. The fourth-order valence-corrected chi connectivity index (χ4v) is 3.39. The van der Waals surface area contributed by atoms with E-state index in [4.69, 9.17) is 5.11 Å². The van der Waals surface area contributed by atoms with Gasteiger partial charge in [0.2, 0.25) is 0 Å². The number of aliphatic carboxylic acids is 1. The summed E-state index contributed by atoms with van der Waals surface area (Å²) in [6.45, 7) is 2.58. The molecule has 0 saturated heterocycles. The molecule has 3 rings (SSSR count). The molecule has 0 spiro atoms. The van der Waals surface area contributed by atoms with Gasteiger partial charge in [-0.05, 0) is 69.1 Å². The summed E-state index contributed by atoms with van der Waals surface area (Å²) in [5, 5.41) is 17.7. The van der Waals surface area contributed by atoms with Gasteiger partial charge < -0.3 is 21.1 Å². The second kappa shape index (κ2) is 8.41. The van der Waals surface area contributed by atoms with Crippen molar-refractivity contribution in [3.8, 4) is 0 Å². The van der Waals surface area contributed by atoms with Gasteiger partial charge in [-0.25, -0.2) is 4.79 Å². The third-order valence-electron chi connectivity index (χ3n) is 5.41. The van der Waals surface area contributed by atoms with Crippen molar-refractivity contribution in [1.82, 2.24) is 10.6 Å². The number of carboxylic acids is 1. The molecule has 27 heavy (non-hydrogen) atoms.